The molecule has 2 rings (SSSR count). The van der Waals surface area contributed by atoms with E-state index in [4.69, 9.17) is 0 Å². The van der Waals surface area contributed by atoms with Crippen molar-refractivity contribution < 1.29 is 13.2 Å². The molecule has 23 heavy (non-hydrogen) atoms. The molecule has 0 aliphatic carbocycles. The SMILES string of the molecule is CNS(=O)(=O)C[C@@H]1CCCN1CC(=O)Nc1cccc(SC)c1. The Morgan fingerprint density at radius 2 is 2.22 bits per heavy atom. The summed E-state index contributed by atoms with van der Waals surface area (Å²) >= 11 is 1.62. The molecule has 0 aromatic heterocycles. The van der Waals surface area contributed by atoms with Crippen LogP contribution in [0.3, 0.4) is 0 Å². The highest BCUT2D eigenvalue weighted by atomic mass is 32.2. The molecule has 2 N–H and O–H groups in total. The fourth-order valence-corrected chi connectivity index (χ4v) is 4.22. The molecule has 0 spiro atoms. The Balaban J connectivity index is 1.93. The van der Waals surface area contributed by atoms with Crippen molar-refractivity contribution in [1.29, 1.82) is 0 Å². The number of nitrogens with zero attached hydrogens (tertiary/aromatic N) is 1. The Hall–Kier alpha value is -1.09. The summed E-state index contributed by atoms with van der Waals surface area (Å²) in [5.41, 5.74) is 0.764. The first-order valence-electron chi connectivity index (χ1n) is 7.52. The number of anilines is 1. The molecule has 1 atom stereocenters. The molecule has 1 fully saturated rings. The zero-order valence-electron chi connectivity index (χ0n) is 13.4. The van der Waals surface area contributed by atoms with Crippen LogP contribution in [0.15, 0.2) is 29.2 Å². The van der Waals surface area contributed by atoms with Crippen molar-refractivity contribution in [3.05, 3.63) is 24.3 Å². The standard InChI is InChI=1S/C15H23N3O3S2/c1-16-23(20,21)11-13-6-4-8-18(13)10-15(19)17-12-5-3-7-14(9-12)22-2/h3,5,7,9,13,16H,4,6,8,10-11H2,1-2H3,(H,17,19)/t13-/m0/s1. The quantitative estimate of drug-likeness (QED) is 0.721. The number of carbonyl (C=O) groups excluding carboxylic acids is 1. The van der Waals surface area contributed by atoms with Crippen LogP contribution in [-0.4, -0.2) is 57.4 Å². The fourth-order valence-electron chi connectivity index (χ4n) is 2.71. The van der Waals surface area contributed by atoms with E-state index in [0.717, 1.165) is 30.0 Å². The van der Waals surface area contributed by atoms with Gasteiger partial charge in [-0.3, -0.25) is 9.69 Å². The van der Waals surface area contributed by atoms with Crippen LogP contribution < -0.4 is 10.0 Å². The third kappa shape index (κ3) is 5.49. The van der Waals surface area contributed by atoms with Crippen molar-refractivity contribution in [3.63, 3.8) is 0 Å². The van der Waals surface area contributed by atoms with E-state index in [1.807, 2.05) is 35.4 Å². The number of thioether (sulfide) groups is 1. The van der Waals surface area contributed by atoms with Gasteiger partial charge in [0.25, 0.3) is 0 Å². The summed E-state index contributed by atoms with van der Waals surface area (Å²) in [5, 5.41) is 2.88. The third-order valence-corrected chi connectivity index (χ3v) is 6.09. The third-order valence-electron chi connectivity index (χ3n) is 3.92. The first kappa shape index (κ1) is 18.3. The Morgan fingerprint density at radius 3 is 2.91 bits per heavy atom. The number of hydrogen-bond donors (Lipinski definition) is 2. The molecule has 1 aliphatic heterocycles. The number of benzene rings is 1. The van der Waals surface area contributed by atoms with Crippen LogP contribution >= 0.6 is 11.8 Å². The van der Waals surface area contributed by atoms with E-state index in [9.17, 15) is 13.2 Å². The fraction of sp³-hybridized carbons (Fsp3) is 0.533. The molecule has 0 radical (unpaired) electrons. The van der Waals surface area contributed by atoms with Gasteiger partial charge in [0.1, 0.15) is 0 Å². The summed E-state index contributed by atoms with van der Waals surface area (Å²) in [4.78, 5) is 15.3. The van der Waals surface area contributed by atoms with Crippen molar-refractivity contribution in [1.82, 2.24) is 9.62 Å². The van der Waals surface area contributed by atoms with Crippen LogP contribution in [0.1, 0.15) is 12.8 Å². The van der Waals surface area contributed by atoms with Gasteiger partial charge in [-0.25, -0.2) is 13.1 Å². The molecule has 0 saturated carbocycles. The Bertz CT molecular complexity index is 649. The second-order valence-electron chi connectivity index (χ2n) is 5.53. The number of hydrogen-bond acceptors (Lipinski definition) is 5. The second kappa shape index (κ2) is 8.14. The van der Waals surface area contributed by atoms with Gasteiger partial charge in [-0.2, -0.15) is 0 Å². The largest absolute Gasteiger partial charge is 0.325 e. The number of sulfonamides is 1. The van der Waals surface area contributed by atoms with Gasteiger partial charge in [0.05, 0.1) is 12.3 Å². The predicted molar refractivity (Wildman–Crippen MR) is 94.3 cm³/mol. The summed E-state index contributed by atoms with van der Waals surface area (Å²) in [7, 11) is -1.85. The Kier molecular flexibility index (Phi) is 6.46. The predicted octanol–water partition coefficient (Wildman–Crippen LogP) is 1.36. The first-order chi connectivity index (χ1) is 10.9. The minimum Gasteiger partial charge on any atom is -0.325 e. The van der Waals surface area contributed by atoms with E-state index in [2.05, 4.69) is 10.0 Å². The van der Waals surface area contributed by atoms with E-state index in [0.29, 0.717) is 0 Å². The number of rotatable bonds is 7. The van der Waals surface area contributed by atoms with E-state index >= 15 is 0 Å². The van der Waals surface area contributed by atoms with Crippen molar-refractivity contribution in [3.8, 4) is 0 Å². The maximum atomic E-state index is 12.2. The van der Waals surface area contributed by atoms with E-state index in [-0.39, 0.29) is 24.2 Å². The summed E-state index contributed by atoms with van der Waals surface area (Å²) in [6, 6.07) is 7.56. The number of likely N-dealkylation sites (tertiary alicyclic amines) is 1. The van der Waals surface area contributed by atoms with Crippen LogP contribution in [-0.2, 0) is 14.8 Å². The normalized spacial score (nSPS) is 19.0. The van der Waals surface area contributed by atoms with Crippen molar-refractivity contribution in [2.24, 2.45) is 0 Å². The van der Waals surface area contributed by atoms with Crippen molar-refractivity contribution in [2.45, 2.75) is 23.8 Å². The van der Waals surface area contributed by atoms with Crippen LogP contribution in [0.2, 0.25) is 0 Å². The van der Waals surface area contributed by atoms with E-state index < -0.39 is 10.0 Å². The lowest BCUT2D eigenvalue weighted by atomic mass is 10.2. The minimum atomic E-state index is -3.27. The number of carbonyl (C=O) groups is 1. The molecule has 1 aromatic carbocycles. The lowest BCUT2D eigenvalue weighted by Crippen LogP contribution is -2.42. The number of nitrogens with one attached hydrogen (secondary N) is 2. The van der Waals surface area contributed by atoms with Gasteiger partial charge in [-0.15, -0.1) is 11.8 Å². The van der Waals surface area contributed by atoms with Crippen LogP contribution in [0.25, 0.3) is 0 Å². The molecule has 0 bridgehead atoms. The van der Waals surface area contributed by atoms with Crippen molar-refractivity contribution in [2.75, 3.05) is 37.5 Å². The highest BCUT2D eigenvalue weighted by Crippen LogP contribution is 2.20. The molecule has 1 aliphatic rings. The zero-order valence-corrected chi connectivity index (χ0v) is 15.0. The molecule has 0 unspecified atom stereocenters. The molecule has 1 aromatic rings. The van der Waals surface area contributed by atoms with Crippen LogP contribution in [0.5, 0.6) is 0 Å². The average Bonchev–Trinajstić information content (AvgIpc) is 2.93. The van der Waals surface area contributed by atoms with Gasteiger partial charge in [0, 0.05) is 16.6 Å². The van der Waals surface area contributed by atoms with Crippen LogP contribution in [0, 0.1) is 0 Å². The smallest absolute Gasteiger partial charge is 0.238 e. The summed E-state index contributed by atoms with van der Waals surface area (Å²) in [6.07, 6.45) is 3.70. The van der Waals surface area contributed by atoms with E-state index in [1.165, 1.54) is 7.05 Å². The van der Waals surface area contributed by atoms with E-state index in [1.54, 1.807) is 11.8 Å². The summed E-state index contributed by atoms with van der Waals surface area (Å²) in [6.45, 7) is 0.968. The average molecular weight is 358 g/mol. The molecule has 1 saturated heterocycles. The lowest BCUT2D eigenvalue weighted by molar-refractivity contribution is -0.117. The number of amides is 1. The van der Waals surface area contributed by atoms with Crippen LogP contribution in [0.4, 0.5) is 5.69 Å². The van der Waals surface area contributed by atoms with Gasteiger partial charge in [-0.1, -0.05) is 6.07 Å². The van der Waals surface area contributed by atoms with Crippen molar-refractivity contribution >= 4 is 33.4 Å². The maximum absolute atomic E-state index is 12.2. The highest BCUT2D eigenvalue weighted by Gasteiger charge is 2.29. The second-order valence-corrected chi connectivity index (χ2v) is 8.38. The molecular weight excluding hydrogens is 334 g/mol. The highest BCUT2D eigenvalue weighted by molar-refractivity contribution is 7.98. The summed E-state index contributed by atoms with van der Waals surface area (Å²) < 4.78 is 25.8. The van der Waals surface area contributed by atoms with Gasteiger partial charge in [-0.05, 0) is 50.9 Å². The van der Waals surface area contributed by atoms with Gasteiger partial charge < -0.3 is 5.32 Å². The Labute approximate surface area is 142 Å². The minimum absolute atomic E-state index is 0.0404. The molecule has 1 heterocycles. The molecule has 8 heteroatoms. The molecular formula is C15H23N3O3S2. The molecule has 128 valence electrons. The van der Waals surface area contributed by atoms with Gasteiger partial charge in [0.15, 0.2) is 0 Å². The van der Waals surface area contributed by atoms with Gasteiger partial charge in [0.2, 0.25) is 15.9 Å². The topological polar surface area (TPSA) is 78.5 Å². The zero-order chi connectivity index (χ0) is 16.9. The monoisotopic (exact) mass is 357 g/mol. The molecule has 6 nitrogen and oxygen atoms in total. The maximum Gasteiger partial charge on any atom is 0.238 e. The van der Waals surface area contributed by atoms with Gasteiger partial charge >= 0.3 is 0 Å². The molecule has 1 amide bonds. The first-order valence-corrected chi connectivity index (χ1v) is 10.4. The summed E-state index contributed by atoms with van der Waals surface area (Å²) in [5.74, 6) is -0.0735. The Morgan fingerprint density at radius 1 is 1.43 bits per heavy atom. The lowest BCUT2D eigenvalue weighted by Gasteiger charge is -2.23.